The molecule has 2 heterocycles. The topological polar surface area (TPSA) is 67.2 Å². The number of carbonyl (C=O) groups is 2. The Hall–Kier alpha value is -2.86. The van der Waals surface area contributed by atoms with Crippen LogP contribution in [-0.2, 0) is 17.9 Å². The fourth-order valence-corrected chi connectivity index (χ4v) is 5.72. The first-order valence-electron chi connectivity index (χ1n) is 12.1. The lowest BCUT2D eigenvalue weighted by atomic mass is 9.77. The van der Waals surface area contributed by atoms with Gasteiger partial charge in [-0.2, -0.15) is 0 Å². The fraction of sp³-hybridized carbons (Fsp3) is 0.444. The average Bonchev–Trinajstić information content (AvgIpc) is 3.18. The van der Waals surface area contributed by atoms with Gasteiger partial charge in [0.05, 0.1) is 17.6 Å². The van der Waals surface area contributed by atoms with Crippen LogP contribution in [0.1, 0.15) is 56.2 Å². The minimum atomic E-state index is -1.07. The number of amides is 2. The highest BCUT2D eigenvalue weighted by atomic mass is 35.5. The molecule has 0 bridgehead atoms. The molecule has 1 aliphatic carbocycles. The lowest BCUT2D eigenvalue weighted by molar-refractivity contribution is -0.134. The first-order valence-corrected chi connectivity index (χ1v) is 12.5. The Kier molecular flexibility index (Phi) is 5.88. The summed E-state index contributed by atoms with van der Waals surface area (Å²) in [5.41, 5.74) is 1.43. The number of rotatable bonds is 4. The predicted octanol–water partition coefficient (Wildman–Crippen LogP) is 5.05. The number of para-hydroxylation sites is 2. The number of nitrogens with zero attached hydrogens (tertiary/aromatic N) is 3. The molecule has 1 saturated carbocycles. The van der Waals surface area contributed by atoms with Gasteiger partial charge in [0.1, 0.15) is 5.54 Å². The van der Waals surface area contributed by atoms with Gasteiger partial charge in [0.15, 0.2) is 5.82 Å². The van der Waals surface area contributed by atoms with E-state index in [4.69, 9.17) is 11.6 Å². The maximum Gasteiger partial charge on any atom is 0.291 e. The van der Waals surface area contributed by atoms with Gasteiger partial charge in [0.2, 0.25) is 5.91 Å². The molecule has 34 heavy (non-hydrogen) atoms. The Morgan fingerprint density at radius 3 is 2.76 bits per heavy atom. The number of benzene rings is 2. The third-order valence-corrected chi connectivity index (χ3v) is 8.13. The van der Waals surface area contributed by atoms with Gasteiger partial charge in [-0.1, -0.05) is 62.6 Å². The summed E-state index contributed by atoms with van der Waals surface area (Å²) in [5, 5.41) is 3.94. The summed E-state index contributed by atoms with van der Waals surface area (Å²) in [7, 11) is 0. The molecule has 4 atom stereocenters. The van der Waals surface area contributed by atoms with Gasteiger partial charge in [-0.25, -0.2) is 4.98 Å². The molecule has 0 unspecified atom stereocenters. The van der Waals surface area contributed by atoms with Gasteiger partial charge >= 0.3 is 0 Å². The number of hydrogen-bond donors (Lipinski definition) is 1. The second kappa shape index (κ2) is 8.73. The highest BCUT2D eigenvalue weighted by Gasteiger charge is 2.49. The van der Waals surface area contributed by atoms with E-state index in [0.717, 1.165) is 29.4 Å². The van der Waals surface area contributed by atoms with Crippen LogP contribution in [0.15, 0.2) is 48.5 Å². The van der Waals surface area contributed by atoms with Crippen LogP contribution in [0.25, 0.3) is 11.0 Å². The zero-order valence-electron chi connectivity index (χ0n) is 19.9. The SMILES string of the molecule is C[C@@H]1[C@H](C)CCC[C@@H]1NC(=O)[C@@]1(C)Cn2c(nc3ccccc32)C(=O)N1Cc1cccc(Cl)c1. The summed E-state index contributed by atoms with van der Waals surface area (Å²) in [4.78, 5) is 34.1. The second-order valence-electron chi connectivity index (χ2n) is 10.2. The second-order valence-corrected chi connectivity index (χ2v) is 10.6. The van der Waals surface area contributed by atoms with Crippen molar-refractivity contribution in [2.24, 2.45) is 11.8 Å². The van der Waals surface area contributed by atoms with E-state index >= 15 is 0 Å². The first-order chi connectivity index (χ1) is 16.3. The zero-order valence-corrected chi connectivity index (χ0v) is 20.7. The van der Waals surface area contributed by atoms with Crippen molar-refractivity contribution in [1.82, 2.24) is 19.8 Å². The molecule has 3 aromatic rings. The van der Waals surface area contributed by atoms with Crippen LogP contribution >= 0.6 is 11.6 Å². The average molecular weight is 479 g/mol. The highest BCUT2D eigenvalue weighted by molar-refractivity contribution is 6.30. The summed E-state index contributed by atoms with van der Waals surface area (Å²) in [6, 6.07) is 15.2. The van der Waals surface area contributed by atoms with Crippen LogP contribution < -0.4 is 5.32 Å². The number of aromatic nitrogens is 2. The minimum absolute atomic E-state index is 0.108. The number of hydrogen-bond acceptors (Lipinski definition) is 3. The smallest absolute Gasteiger partial charge is 0.291 e. The lowest BCUT2D eigenvalue weighted by Gasteiger charge is -2.45. The summed E-state index contributed by atoms with van der Waals surface area (Å²) in [5.74, 6) is 0.966. The van der Waals surface area contributed by atoms with Crippen molar-refractivity contribution in [2.75, 3.05) is 0 Å². The third kappa shape index (κ3) is 3.88. The monoisotopic (exact) mass is 478 g/mol. The molecule has 1 aromatic heterocycles. The minimum Gasteiger partial charge on any atom is -0.351 e. The Morgan fingerprint density at radius 2 is 1.97 bits per heavy atom. The van der Waals surface area contributed by atoms with Crippen molar-refractivity contribution < 1.29 is 9.59 Å². The Labute approximate surface area is 205 Å². The van der Waals surface area contributed by atoms with E-state index in [9.17, 15) is 9.59 Å². The molecule has 6 nitrogen and oxygen atoms in total. The van der Waals surface area contributed by atoms with Crippen LogP contribution in [0.4, 0.5) is 0 Å². The molecule has 2 amide bonds. The number of halogens is 1. The number of imidazole rings is 1. The lowest BCUT2D eigenvalue weighted by Crippen LogP contribution is -2.65. The Bertz CT molecular complexity index is 1250. The zero-order chi connectivity index (χ0) is 24.0. The van der Waals surface area contributed by atoms with Gasteiger partial charge in [0, 0.05) is 17.6 Å². The van der Waals surface area contributed by atoms with Crippen molar-refractivity contribution in [3.8, 4) is 0 Å². The maximum atomic E-state index is 14.0. The largest absolute Gasteiger partial charge is 0.351 e. The van der Waals surface area contributed by atoms with Gasteiger partial charge in [0.25, 0.3) is 5.91 Å². The Balaban J connectivity index is 1.55. The fourth-order valence-electron chi connectivity index (χ4n) is 5.51. The van der Waals surface area contributed by atoms with Crippen molar-refractivity contribution in [3.63, 3.8) is 0 Å². The summed E-state index contributed by atoms with van der Waals surface area (Å²) in [6.07, 6.45) is 3.26. The van der Waals surface area contributed by atoms with Crippen molar-refractivity contribution in [2.45, 2.75) is 64.7 Å². The van der Waals surface area contributed by atoms with E-state index in [-0.39, 0.29) is 24.4 Å². The van der Waals surface area contributed by atoms with E-state index in [1.54, 1.807) is 11.0 Å². The van der Waals surface area contributed by atoms with Gasteiger partial charge in [-0.15, -0.1) is 0 Å². The molecule has 1 fully saturated rings. The summed E-state index contributed by atoms with van der Waals surface area (Å²) in [6.45, 7) is 6.97. The molecular weight excluding hydrogens is 448 g/mol. The van der Waals surface area contributed by atoms with E-state index in [2.05, 4.69) is 24.1 Å². The molecule has 0 radical (unpaired) electrons. The van der Waals surface area contributed by atoms with Crippen LogP contribution in [0.3, 0.4) is 0 Å². The molecule has 5 rings (SSSR count). The quantitative estimate of drug-likeness (QED) is 0.570. The standard InChI is InChI=1S/C27H31ClN4O2/c1-17-8-6-12-21(18(17)2)30-26(34)27(3)16-31-23-13-5-4-11-22(23)29-24(31)25(33)32(27)15-19-9-7-10-20(28)14-19/h4-5,7,9-11,13-14,17-18,21H,6,8,12,15-16H2,1-3H3,(H,30,34)/t17-,18-,21+,27-/m1/s1. The highest BCUT2D eigenvalue weighted by Crippen LogP contribution is 2.34. The number of nitrogens with one attached hydrogen (secondary N) is 1. The van der Waals surface area contributed by atoms with Crippen molar-refractivity contribution >= 4 is 34.4 Å². The normalized spacial score (nSPS) is 27.0. The first kappa shape index (κ1) is 22.9. The Morgan fingerprint density at radius 1 is 1.18 bits per heavy atom. The van der Waals surface area contributed by atoms with Crippen molar-refractivity contribution in [3.05, 3.63) is 64.9 Å². The molecule has 2 aliphatic rings. The molecular formula is C27H31ClN4O2. The van der Waals surface area contributed by atoms with Crippen LogP contribution in [0.2, 0.25) is 5.02 Å². The summed E-state index contributed by atoms with van der Waals surface area (Å²) < 4.78 is 1.90. The van der Waals surface area contributed by atoms with Crippen LogP contribution in [0, 0.1) is 11.8 Å². The maximum absolute atomic E-state index is 14.0. The molecule has 7 heteroatoms. The van der Waals surface area contributed by atoms with Gasteiger partial charge in [-0.3, -0.25) is 9.59 Å². The van der Waals surface area contributed by atoms with Gasteiger partial charge < -0.3 is 14.8 Å². The van der Waals surface area contributed by atoms with E-state index < -0.39 is 5.54 Å². The predicted molar refractivity (Wildman–Crippen MR) is 134 cm³/mol. The summed E-state index contributed by atoms with van der Waals surface area (Å²) >= 11 is 6.23. The van der Waals surface area contributed by atoms with Crippen LogP contribution in [-0.4, -0.2) is 37.8 Å². The number of carbonyl (C=O) groups excluding carboxylic acids is 2. The van der Waals surface area contributed by atoms with E-state index in [1.807, 2.05) is 54.0 Å². The van der Waals surface area contributed by atoms with Crippen molar-refractivity contribution in [1.29, 1.82) is 0 Å². The molecule has 1 aliphatic heterocycles. The van der Waals surface area contributed by atoms with E-state index in [1.165, 1.54) is 6.42 Å². The third-order valence-electron chi connectivity index (χ3n) is 7.89. The molecule has 178 valence electrons. The molecule has 0 saturated heterocycles. The molecule has 1 N–H and O–H groups in total. The molecule has 2 aromatic carbocycles. The van der Waals surface area contributed by atoms with E-state index in [0.29, 0.717) is 29.2 Å². The number of fused-ring (bicyclic) bond motifs is 3. The molecule has 0 spiro atoms. The van der Waals surface area contributed by atoms with Gasteiger partial charge in [-0.05, 0) is 55.0 Å². The van der Waals surface area contributed by atoms with Crippen LogP contribution in [0.5, 0.6) is 0 Å².